The maximum atomic E-state index is 13.0. The minimum atomic E-state index is -0.276. The Kier molecular flexibility index (Phi) is 4.63. The Hall–Kier alpha value is -2.73. The van der Waals surface area contributed by atoms with Gasteiger partial charge in [0.15, 0.2) is 0 Å². The van der Waals surface area contributed by atoms with Crippen LogP contribution in [0.4, 0.5) is 10.3 Å². The molecule has 0 bridgehead atoms. The van der Waals surface area contributed by atoms with E-state index in [-0.39, 0.29) is 11.9 Å². The Bertz CT molecular complexity index is 744. The number of anilines is 1. The number of nitrogens with one attached hydrogen (secondary N) is 1. The average molecular weight is 313 g/mol. The van der Waals surface area contributed by atoms with Crippen molar-refractivity contribution in [3.63, 3.8) is 0 Å². The number of hydrogen-bond acceptors (Lipinski definition) is 5. The monoisotopic (exact) mass is 313 g/mol. The molecule has 1 heterocycles. The number of rotatable bonds is 6. The van der Waals surface area contributed by atoms with E-state index in [4.69, 9.17) is 9.26 Å². The van der Waals surface area contributed by atoms with Crippen LogP contribution in [0.2, 0.25) is 0 Å². The highest BCUT2D eigenvalue weighted by molar-refractivity contribution is 5.53. The Morgan fingerprint density at radius 2 is 1.87 bits per heavy atom. The van der Waals surface area contributed by atoms with E-state index >= 15 is 0 Å². The normalized spacial score (nSPS) is 12.1. The van der Waals surface area contributed by atoms with E-state index in [0.29, 0.717) is 18.4 Å². The minimum Gasteiger partial charge on any atom is -0.375 e. The molecule has 1 atom stereocenters. The number of methoxy groups -OCH3 is 1. The van der Waals surface area contributed by atoms with Crippen LogP contribution in [0.3, 0.4) is 0 Å². The fraction of sp³-hybridized carbons (Fsp3) is 0.176. The molecule has 0 amide bonds. The highest BCUT2D eigenvalue weighted by Crippen LogP contribution is 2.20. The molecule has 3 rings (SSSR count). The van der Waals surface area contributed by atoms with Gasteiger partial charge in [0.2, 0.25) is 0 Å². The van der Waals surface area contributed by atoms with Gasteiger partial charge in [-0.05, 0) is 35.0 Å². The lowest BCUT2D eigenvalue weighted by molar-refractivity contribution is 0.114. The summed E-state index contributed by atoms with van der Waals surface area (Å²) in [5.41, 5.74) is 1.73. The Labute approximate surface area is 133 Å². The van der Waals surface area contributed by atoms with E-state index in [1.165, 1.54) is 12.1 Å². The number of halogens is 1. The van der Waals surface area contributed by atoms with E-state index in [2.05, 4.69) is 15.5 Å². The van der Waals surface area contributed by atoms with Gasteiger partial charge in [0, 0.05) is 19.2 Å². The third kappa shape index (κ3) is 3.73. The summed E-state index contributed by atoms with van der Waals surface area (Å²) in [6.45, 7) is 0.440. The molecule has 3 aromatic rings. The summed E-state index contributed by atoms with van der Waals surface area (Å²) >= 11 is 0. The highest BCUT2D eigenvalue weighted by atomic mass is 19.1. The zero-order valence-corrected chi connectivity index (χ0v) is 12.6. The molecule has 0 aliphatic heterocycles. The largest absolute Gasteiger partial charge is 0.375 e. The first-order valence-electron chi connectivity index (χ1n) is 7.17. The minimum absolute atomic E-state index is 0.241. The first-order chi connectivity index (χ1) is 11.3. The average Bonchev–Trinajstić information content (AvgIpc) is 3.07. The molecule has 0 aliphatic rings. The molecule has 6 heteroatoms. The second-order valence-corrected chi connectivity index (χ2v) is 4.95. The molecule has 118 valence electrons. The quantitative estimate of drug-likeness (QED) is 0.752. The first-order valence-corrected chi connectivity index (χ1v) is 7.17. The number of ether oxygens (including phenoxy) is 1. The van der Waals surface area contributed by atoms with Gasteiger partial charge >= 0.3 is 0 Å². The van der Waals surface area contributed by atoms with E-state index in [1.807, 2.05) is 30.3 Å². The molecule has 23 heavy (non-hydrogen) atoms. The number of hydrogen-bond donors (Lipinski definition) is 1. The third-order valence-electron chi connectivity index (χ3n) is 3.42. The second kappa shape index (κ2) is 7.02. The number of aromatic nitrogens is 2. The lowest BCUT2D eigenvalue weighted by Gasteiger charge is -2.15. The number of nitrogens with zero attached hydrogens (tertiary/aromatic N) is 2. The zero-order valence-electron chi connectivity index (χ0n) is 12.6. The van der Waals surface area contributed by atoms with E-state index in [9.17, 15) is 4.39 Å². The predicted octanol–water partition coefficient (Wildman–Crippen LogP) is 3.68. The predicted molar refractivity (Wildman–Crippen MR) is 84.4 cm³/mol. The van der Waals surface area contributed by atoms with E-state index < -0.39 is 0 Å². The molecule has 1 N–H and O–H groups in total. The van der Waals surface area contributed by atoms with Gasteiger partial charge in [-0.25, -0.2) is 4.39 Å². The van der Waals surface area contributed by atoms with Crippen LogP contribution >= 0.6 is 0 Å². The van der Waals surface area contributed by atoms with Crippen molar-refractivity contribution in [2.75, 3.05) is 19.0 Å². The van der Waals surface area contributed by atoms with Crippen molar-refractivity contribution in [1.29, 1.82) is 0 Å². The topological polar surface area (TPSA) is 60.2 Å². The molecule has 1 aromatic heterocycles. The van der Waals surface area contributed by atoms with Gasteiger partial charge in [-0.1, -0.05) is 30.3 Å². The summed E-state index contributed by atoms with van der Waals surface area (Å²) < 4.78 is 23.6. The van der Waals surface area contributed by atoms with Crippen molar-refractivity contribution in [1.82, 2.24) is 10.1 Å². The van der Waals surface area contributed by atoms with Crippen molar-refractivity contribution in [2.45, 2.75) is 6.10 Å². The van der Waals surface area contributed by atoms with Gasteiger partial charge in [-0.15, -0.1) is 0 Å². The summed E-state index contributed by atoms with van der Waals surface area (Å²) in [4.78, 5) is 4.29. The molecular weight excluding hydrogens is 297 g/mol. The lowest BCUT2D eigenvalue weighted by atomic mass is 10.1. The molecule has 0 saturated carbocycles. The molecule has 0 saturated heterocycles. The zero-order chi connectivity index (χ0) is 16.1. The summed E-state index contributed by atoms with van der Waals surface area (Å²) in [6.07, 6.45) is -0.241. The molecule has 0 fully saturated rings. The van der Waals surface area contributed by atoms with Crippen LogP contribution in [0.5, 0.6) is 0 Å². The van der Waals surface area contributed by atoms with Gasteiger partial charge in [-0.3, -0.25) is 0 Å². The molecule has 5 nitrogen and oxygen atoms in total. The van der Waals surface area contributed by atoms with Gasteiger partial charge < -0.3 is 14.6 Å². The van der Waals surface area contributed by atoms with Crippen LogP contribution in [0.15, 0.2) is 59.1 Å². The molecule has 0 spiro atoms. The molecule has 2 aromatic carbocycles. The fourth-order valence-electron chi connectivity index (χ4n) is 2.19. The van der Waals surface area contributed by atoms with Crippen LogP contribution in [0, 0.1) is 5.82 Å². The van der Waals surface area contributed by atoms with Crippen LogP contribution in [-0.4, -0.2) is 23.8 Å². The summed E-state index contributed by atoms with van der Waals surface area (Å²) in [7, 11) is 1.60. The van der Waals surface area contributed by atoms with Crippen molar-refractivity contribution < 1.29 is 13.7 Å². The molecular formula is C17H16FN3O2. The highest BCUT2D eigenvalue weighted by Gasteiger charge is 2.13. The Morgan fingerprint density at radius 3 is 2.57 bits per heavy atom. The van der Waals surface area contributed by atoms with Crippen LogP contribution in [0.25, 0.3) is 11.5 Å². The lowest BCUT2D eigenvalue weighted by Crippen LogP contribution is -2.15. The van der Waals surface area contributed by atoms with E-state index in [1.54, 1.807) is 19.2 Å². The maximum absolute atomic E-state index is 13.0. The molecule has 0 aliphatic carbocycles. The van der Waals surface area contributed by atoms with Crippen molar-refractivity contribution in [3.8, 4) is 11.5 Å². The summed E-state index contributed by atoms with van der Waals surface area (Å²) in [5, 5.41) is 6.96. The van der Waals surface area contributed by atoms with Crippen LogP contribution in [0.1, 0.15) is 11.7 Å². The summed E-state index contributed by atoms with van der Waals surface area (Å²) in [6, 6.07) is 15.7. The molecule has 1 unspecified atom stereocenters. The summed E-state index contributed by atoms with van der Waals surface area (Å²) in [5.74, 6) is 0.555. The van der Waals surface area contributed by atoms with Gasteiger partial charge in [0.25, 0.3) is 11.8 Å². The molecule has 0 radical (unpaired) electrons. The maximum Gasteiger partial charge on any atom is 0.263 e. The second-order valence-electron chi connectivity index (χ2n) is 4.95. The Balaban J connectivity index is 1.65. The Morgan fingerprint density at radius 1 is 1.13 bits per heavy atom. The van der Waals surface area contributed by atoms with Gasteiger partial charge in [0.1, 0.15) is 5.82 Å². The van der Waals surface area contributed by atoms with Crippen LogP contribution in [-0.2, 0) is 4.74 Å². The standard InChI is InChI=1S/C17H16FN3O2/c1-22-15(12-7-9-14(18)10-8-12)11-19-17-20-16(23-21-17)13-5-3-2-4-6-13/h2-10,15H,11H2,1H3,(H,19,21). The SMILES string of the molecule is COC(CNc1noc(-c2ccccc2)n1)c1ccc(F)cc1. The van der Waals surface area contributed by atoms with E-state index in [0.717, 1.165) is 11.1 Å². The van der Waals surface area contributed by atoms with Gasteiger partial charge in [0.05, 0.1) is 6.10 Å². The smallest absolute Gasteiger partial charge is 0.263 e. The van der Waals surface area contributed by atoms with Crippen molar-refractivity contribution in [3.05, 3.63) is 66.0 Å². The van der Waals surface area contributed by atoms with Crippen LogP contribution < -0.4 is 5.32 Å². The van der Waals surface area contributed by atoms with Crippen molar-refractivity contribution in [2.24, 2.45) is 0 Å². The first kappa shape index (κ1) is 15.2. The van der Waals surface area contributed by atoms with Gasteiger partial charge in [-0.2, -0.15) is 4.98 Å². The fourth-order valence-corrected chi connectivity index (χ4v) is 2.19. The number of benzene rings is 2. The third-order valence-corrected chi connectivity index (χ3v) is 3.42. The van der Waals surface area contributed by atoms with Crippen molar-refractivity contribution >= 4 is 5.95 Å².